The first-order valence-electron chi connectivity index (χ1n) is 5.19. The number of nitrogens with zero attached hydrogens (tertiary/aromatic N) is 3. The van der Waals surface area contributed by atoms with E-state index in [4.69, 9.17) is 0 Å². The van der Waals surface area contributed by atoms with Crippen LogP contribution in [0.5, 0.6) is 0 Å². The Morgan fingerprint density at radius 3 is 2.94 bits per heavy atom. The number of thioether (sulfide) groups is 1. The van der Waals surface area contributed by atoms with Crippen LogP contribution in [0.2, 0.25) is 0 Å². The molecule has 2 aromatic heterocycles. The Hall–Kier alpha value is -1.30. The summed E-state index contributed by atoms with van der Waals surface area (Å²) in [5, 5.41) is 12.3. The van der Waals surface area contributed by atoms with E-state index in [1.807, 2.05) is 6.26 Å². The molecule has 0 saturated carbocycles. The average Bonchev–Trinajstić information content (AvgIpc) is 2.69. The van der Waals surface area contributed by atoms with Crippen molar-refractivity contribution in [2.24, 2.45) is 5.92 Å². The van der Waals surface area contributed by atoms with Crippen molar-refractivity contribution in [1.29, 1.82) is 0 Å². The van der Waals surface area contributed by atoms with Crippen molar-refractivity contribution < 1.29 is 0 Å². The molecule has 2 rings (SSSR count). The second-order valence-electron chi connectivity index (χ2n) is 3.95. The van der Waals surface area contributed by atoms with Gasteiger partial charge >= 0.3 is 0 Å². The highest BCUT2D eigenvalue weighted by molar-refractivity contribution is 7.98. The van der Waals surface area contributed by atoms with Crippen LogP contribution in [-0.4, -0.2) is 33.0 Å². The van der Waals surface area contributed by atoms with E-state index < -0.39 is 0 Å². The molecule has 0 saturated heterocycles. The molecule has 0 aliphatic carbocycles. The van der Waals surface area contributed by atoms with Crippen molar-refractivity contribution in [3.8, 4) is 0 Å². The van der Waals surface area contributed by atoms with Crippen LogP contribution in [-0.2, 0) is 0 Å². The normalized spacial score (nSPS) is 11.2. The molecule has 0 unspecified atom stereocenters. The Bertz CT molecular complexity index is 479. The highest BCUT2D eigenvalue weighted by atomic mass is 32.2. The van der Waals surface area contributed by atoms with Gasteiger partial charge in [0, 0.05) is 6.54 Å². The zero-order chi connectivity index (χ0) is 11.5. The van der Waals surface area contributed by atoms with Crippen LogP contribution in [0.3, 0.4) is 0 Å². The zero-order valence-corrected chi connectivity index (χ0v) is 10.4. The summed E-state index contributed by atoms with van der Waals surface area (Å²) in [5.74, 6) is 1.44. The van der Waals surface area contributed by atoms with Gasteiger partial charge in [-0.1, -0.05) is 13.8 Å². The first kappa shape index (κ1) is 11.2. The SMILES string of the molecule is CSc1n[nH]c2ncnc(NCC(C)C)c12. The van der Waals surface area contributed by atoms with Gasteiger partial charge in [0.25, 0.3) is 0 Å². The van der Waals surface area contributed by atoms with E-state index in [2.05, 4.69) is 39.3 Å². The van der Waals surface area contributed by atoms with E-state index in [1.165, 1.54) is 0 Å². The lowest BCUT2D eigenvalue weighted by Crippen LogP contribution is -2.09. The highest BCUT2D eigenvalue weighted by Gasteiger charge is 2.11. The van der Waals surface area contributed by atoms with Gasteiger partial charge in [0.15, 0.2) is 5.65 Å². The van der Waals surface area contributed by atoms with E-state index in [0.717, 1.165) is 28.4 Å². The minimum atomic E-state index is 0.578. The lowest BCUT2D eigenvalue weighted by atomic mass is 10.2. The first-order valence-corrected chi connectivity index (χ1v) is 6.41. The largest absolute Gasteiger partial charge is 0.369 e. The van der Waals surface area contributed by atoms with Crippen molar-refractivity contribution in [3.05, 3.63) is 6.33 Å². The van der Waals surface area contributed by atoms with E-state index in [9.17, 15) is 0 Å². The van der Waals surface area contributed by atoms with Gasteiger partial charge in [0.1, 0.15) is 17.2 Å². The van der Waals surface area contributed by atoms with Gasteiger partial charge < -0.3 is 5.32 Å². The lowest BCUT2D eigenvalue weighted by molar-refractivity contribution is 0.687. The number of H-pyrrole nitrogens is 1. The molecule has 0 radical (unpaired) electrons. The molecule has 6 heteroatoms. The van der Waals surface area contributed by atoms with Gasteiger partial charge in [0.2, 0.25) is 0 Å². The minimum absolute atomic E-state index is 0.578. The van der Waals surface area contributed by atoms with Crippen molar-refractivity contribution in [2.75, 3.05) is 18.1 Å². The number of rotatable bonds is 4. The van der Waals surface area contributed by atoms with Crippen molar-refractivity contribution in [2.45, 2.75) is 18.9 Å². The summed E-state index contributed by atoms with van der Waals surface area (Å²) in [6.07, 6.45) is 3.54. The fraction of sp³-hybridized carbons (Fsp3) is 0.500. The summed E-state index contributed by atoms with van der Waals surface area (Å²) in [4.78, 5) is 8.42. The Kier molecular flexibility index (Phi) is 3.28. The summed E-state index contributed by atoms with van der Waals surface area (Å²) in [5.41, 5.74) is 0.783. The number of hydrogen-bond acceptors (Lipinski definition) is 5. The molecular formula is C10H15N5S. The van der Waals surface area contributed by atoms with Crippen LogP contribution >= 0.6 is 11.8 Å². The minimum Gasteiger partial charge on any atom is -0.369 e. The van der Waals surface area contributed by atoms with Crippen LogP contribution in [0.25, 0.3) is 11.0 Å². The highest BCUT2D eigenvalue weighted by Crippen LogP contribution is 2.27. The molecule has 2 aromatic rings. The van der Waals surface area contributed by atoms with E-state index in [-0.39, 0.29) is 0 Å². The van der Waals surface area contributed by atoms with E-state index >= 15 is 0 Å². The first-order chi connectivity index (χ1) is 7.72. The monoisotopic (exact) mass is 237 g/mol. The third-order valence-corrected chi connectivity index (χ3v) is 2.88. The fourth-order valence-corrected chi connectivity index (χ4v) is 1.95. The quantitative estimate of drug-likeness (QED) is 0.797. The van der Waals surface area contributed by atoms with Crippen LogP contribution in [0.15, 0.2) is 11.4 Å². The molecule has 0 amide bonds. The van der Waals surface area contributed by atoms with Gasteiger partial charge in [-0.3, -0.25) is 5.10 Å². The molecule has 0 aliphatic rings. The topological polar surface area (TPSA) is 66.5 Å². The smallest absolute Gasteiger partial charge is 0.161 e. The third-order valence-electron chi connectivity index (χ3n) is 2.20. The summed E-state index contributed by atoms with van der Waals surface area (Å²) >= 11 is 1.59. The number of aromatic amines is 1. The lowest BCUT2D eigenvalue weighted by Gasteiger charge is -2.08. The number of aromatic nitrogens is 4. The van der Waals surface area contributed by atoms with Gasteiger partial charge in [0.05, 0.1) is 5.39 Å². The third kappa shape index (κ3) is 2.11. The van der Waals surface area contributed by atoms with Crippen molar-refractivity contribution in [1.82, 2.24) is 20.2 Å². The average molecular weight is 237 g/mol. The summed E-state index contributed by atoms with van der Waals surface area (Å²) in [7, 11) is 0. The zero-order valence-electron chi connectivity index (χ0n) is 9.61. The molecule has 86 valence electrons. The Morgan fingerprint density at radius 1 is 1.44 bits per heavy atom. The maximum absolute atomic E-state index is 4.26. The number of hydrogen-bond donors (Lipinski definition) is 2. The fourth-order valence-electron chi connectivity index (χ4n) is 1.42. The van der Waals surface area contributed by atoms with Crippen LogP contribution < -0.4 is 5.32 Å². The Morgan fingerprint density at radius 2 is 2.25 bits per heavy atom. The summed E-state index contributed by atoms with van der Waals surface area (Å²) in [6, 6.07) is 0. The molecule has 0 bridgehead atoms. The predicted octanol–water partition coefficient (Wildman–Crippen LogP) is 2.14. The molecular weight excluding hydrogens is 222 g/mol. The Balaban J connectivity index is 2.39. The van der Waals surface area contributed by atoms with E-state index in [1.54, 1.807) is 18.1 Å². The second kappa shape index (κ2) is 4.69. The molecule has 0 spiro atoms. The van der Waals surface area contributed by atoms with Gasteiger partial charge in [-0.05, 0) is 12.2 Å². The van der Waals surface area contributed by atoms with Crippen LogP contribution in [0, 0.1) is 5.92 Å². The Labute approximate surface area is 98.4 Å². The summed E-state index contributed by atoms with van der Waals surface area (Å²) in [6.45, 7) is 5.22. The molecule has 0 fully saturated rings. The molecule has 0 aromatic carbocycles. The number of nitrogens with one attached hydrogen (secondary N) is 2. The number of fused-ring (bicyclic) bond motifs is 1. The molecule has 0 aliphatic heterocycles. The van der Waals surface area contributed by atoms with Gasteiger partial charge in [-0.2, -0.15) is 5.10 Å². The van der Waals surface area contributed by atoms with Crippen LogP contribution in [0.1, 0.15) is 13.8 Å². The van der Waals surface area contributed by atoms with Gasteiger partial charge in [-0.25, -0.2) is 9.97 Å². The second-order valence-corrected chi connectivity index (χ2v) is 4.75. The van der Waals surface area contributed by atoms with Gasteiger partial charge in [-0.15, -0.1) is 11.8 Å². The van der Waals surface area contributed by atoms with E-state index in [0.29, 0.717) is 5.92 Å². The molecule has 2 N–H and O–H groups in total. The molecule has 2 heterocycles. The summed E-state index contributed by atoms with van der Waals surface area (Å²) < 4.78 is 0. The van der Waals surface area contributed by atoms with Crippen LogP contribution in [0.4, 0.5) is 5.82 Å². The molecule has 16 heavy (non-hydrogen) atoms. The maximum Gasteiger partial charge on any atom is 0.161 e. The predicted molar refractivity (Wildman–Crippen MR) is 66.8 cm³/mol. The number of anilines is 1. The molecule has 5 nitrogen and oxygen atoms in total. The van der Waals surface area contributed by atoms with Crippen molar-refractivity contribution >= 4 is 28.6 Å². The standard InChI is InChI=1S/C10H15N5S/c1-6(2)4-11-8-7-9(13-5-12-8)14-15-10(7)16-3/h5-6H,4H2,1-3H3,(H2,11,12,13,14,15). The molecule has 0 atom stereocenters. The van der Waals surface area contributed by atoms with Crippen molar-refractivity contribution in [3.63, 3.8) is 0 Å². The maximum atomic E-state index is 4.26.